The third kappa shape index (κ3) is 8.77. The summed E-state index contributed by atoms with van der Waals surface area (Å²) in [4.78, 5) is 21.2. The molecule has 8 nitrogen and oxygen atoms in total. The van der Waals surface area contributed by atoms with Crippen molar-refractivity contribution in [1.82, 2.24) is 4.90 Å². The highest BCUT2D eigenvalue weighted by atomic mass is 19.4. The molecule has 1 amide bonds. The molecule has 4 rings (SSSR count). The van der Waals surface area contributed by atoms with E-state index in [1.165, 1.54) is 18.3 Å². The van der Waals surface area contributed by atoms with E-state index in [9.17, 15) is 18.0 Å². The van der Waals surface area contributed by atoms with Gasteiger partial charge in [-0.25, -0.2) is 0 Å². The minimum Gasteiger partial charge on any atom is -0.495 e. The maximum absolute atomic E-state index is 13.0. The molecule has 0 bridgehead atoms. The normalized spacial score (nSPS) is 17.9. The Labute approximate surface area is 244 Å². The SMILES string of the molecule is Cc1ccc(NC(=O)Cc2cccc(C(F)(F)F)c2)cc1N(C)/C=C(\C=N)C1C=NC=C(OCCN2CCOCC2)C1. The molecule has 11 heteroatoms. The van der Waals surface area contributed by atoms with Crippen LogP contribution in [0.4, 0.5) is 24.5 Å². The number of hydrogen-bond donors (Lipinski definition) is 2. The summed E-state index contributed by atoms with van der Waals surface area (Å²) in [5.74, 6) is 0.214. The Balaban J connectivity index is 1.37. The second-order valence-electron chi connectivity index (χ2n) is 10.3. The number of ether oxygens (including phenoxy) is 2. The third-order valence-electron chi connectivity index (χ3n) is 7.13. The van der Waals surface area contributed by atoms with E-state index in [0.717, 1.165) is 67.6 Å². The third-order valence-corrected chi connectivity index (χ3v) is 7.13. The Morgan fingerprint density at radius 1 is 1.24 bits per heavy atom. The summed E-state index contributed by atoms with van der Waals surface area (Å²) in [5.41, 5.74) is 2.49. The molecular weight excluding hydrogens is 547 g/mol. The summed E-state index contributed by atoms with van der Waals surface area (Å²) >= 11 is 0. The van der Waals surface area contributed by atoms with Gasteiger partial charge in [0.15, 0.2) is 0 Å². The number of carbonyl (C=O) groups excluding carboxylic acids is 1. The Morgan fingerprint density at radius 3 is 2.76 bits per heavy atom. The molecule has 2 aliphatic rings. The molecule has 42 heavy (non-hydrogen) atoms. The monoisotopic (exact) mass is 583 g/mol. The fourth-order valence-electron chi connectivity index (χ4n) is 4.83. The first-order chi connectivity index (χ1) is 20.1. The number of rotatable bonds is 11. The Kier molecular flexibility index (Phi) is 10.5. The van der Waals surface area contributed by atoms with Crippen molar-refractivity contribution in [2.24, 2.45) is 10.9 Å². The Bertz CT molecular complexity index is 1350. The topological polar surface area (TPSA) is 90.3 Å². The van der Waals surface area contributed by atoms with Crippen molar-refractivity contribution in [2.75, 3.05) is 56.7 Å². The number of amides is 1. The predicted octanol–water partition coefficient (Wildman–Crippen LogP) is 5.45. The molecule has 2 aliphatic heterocycles. The fourth-order valence-corrected chi connectivity index (χ4v) is 4.83. The molecule has 0 aromatic heterocycles. The van der Waals surface area contributed by atoms with Gasteiger partial charge in [-0.2, -0.15) is 13.2 Å². The number of nitrogens with one attached hydrogen (secondary N) is 2. The van der Waals surface area contributed by atoms with Gasteiger partial charge in [0.1, 0.15) is 12.4 Å². The van der Waals surface area contributed by atoms with E-state index in [1.54, 1.807) is 24.5 Å². The molecule has 2 aromatic rings. The predicted molar refractivity (Wildman–Crippen MR) is 158 cm³/mol. The van der Waals surface area contributed by atoms with Gasteiger partial charge < -0.3 is 25.1 Å². The van der Waals surface area contributed by atoms with Crippen molar-refractivity contribution < 1.29 is 27.4 Å². The molecule has 1 saturated heterocycles. The van der Waals surface area contributed by atoms with Crippen LogP contribution in [0, 0.1) is 18.3 Å². The zero-order chi connectivity index (χ0) is 30.1. The Morgan fingerprint density at radius 2 is 2.02 bits per heavy atom. The number of hydrogen-bond acceptors (Lipinski definition) is 7. The van der Waals surface area contributed by atoms with Crippen LogP contribution in [0.3, 0.4) is 0 Å². The number of alkyl halides is 3. The molecular formula is C31H36F3N5O3. The van der Waals surface area contributed by atoms with Gasteiger partial charge in [-0.05, 0) is 41.8 Å². The maximum Gasteiger partial charge on any atom is 0.416 e. The first-order valence-electron chi connectivity index (χ1n) is 13.8. The van der Waals surface area contributed by atoms with Gasteiger partial charge in [-0.15, -0.1) is 0 Å². The average molecular weight is 584 g/mol. The average Bonchev–Trinajstić information content (AvgIpc) is 2.97. The number of aryl methyl sites for hydroxylation is 1. The van der Waals surface area contributed by atoms with Crippen molar-refractivity contribution in [2.45, 2.75) is 25.9 Å². The van der Waals surface area contributed by atoms with Gasteiger partial charge >= 0.3 is 6.18 Å². The van der Waals surface area contributed by atoms with Gasteiger partial charge in [0.05, 0.1) is 31.4 Å². The minimum absolute atomic E-state index is 0.135. The molecule has 2 N–H and O–H groups in total. The fraction of sp³-hybridized carbons (Fsp3) is 0.387. The van der Waals surface area contributed by atoms with Crippen LogP contribution >= 0.6 is 0 Å². The van der Waals surface area contributed by atoms with E-state index in [1.807, 2.05) is 31.1 Å². The summed E-state index contributed by atoms with van der Waals surface area (Å²) < 4.78 is 50.5. The molecule has 2 aromatic carbocycles. The van der Waals surface area contributed by atoms with Gasteiger partial charge in [0.25, 0.3) is 0 Å². The summed E-state index contributed by atoms with van der Waals surface area (Å²) in [7, 11) is 1.86. The zero-order valence-electron chi connectivity index (χ0n) is 23.8. The van der Waals surface area contributed by atoms with E-state index in [0.29, 0.717) is 18.7 Å². The molecule has 0 aliphatic carbocycles. The molecule has 1 fully saturated rings. The van der Waals surface area contributed by atoms with Crippen molar-refractivity contribution in [1.29, 1.82) is 5.41 Å². The number of morpholine rings is 1. The number of halogens is 3. The van der Waals surface area contributed by atoms with Crippen molar-refractivity contribution in [3.8, 4) is 0 Å². The van der Waals surface area contributed by atoms with Gasteiger partial charge in [0.2, 0.25) is 5.91 Å². The molecule has 0 radical (unpaired) electrons. The van der Waals surface area contributed by atoms with Crippen LogP contribution in [-0.4, -0.2) is 69.7 Å². The first kappa shape index (κ1) is 31.0. The van der Waals surface area contributed by atoms with E-state index in [-0.39, 0.29) is 17.9 Å². The van der Waals surface area contributed by atoms with E-state index in [2.05, 4.69) is 15.2 Å². The lowest BCUT2D eigenvalue weighted by molar-refractivity contribution is -0.137. The largest absolute Gasteiger partial charge is 0.495 e. The first-order valence-corrected chi connectivity index (χ1v) is 13.8. The highest BCUT2D eigenvalue weighted by Gasteiger charge is 2.30. The van der Waals surface area contributed by atoms with Gasteiger partial charge in [-0.1, -0.05) is 24.3 Å². The zero-order valence-corrected chi connectivity index (χ0v) is 23.8. The molecule has 224 valence electrons. The number of anilines is 2. The standard InChI is InChI=1S/C31H36F3N5O3/c1-22-6-7-27(37-30(40)15-23-4-3-5-26(14-23)31(32,33)34)17-29(22)38(2)21-25(18-35)24-16-28(20-36-19-24)42-13-10-39-8-11-41-12-9-39/h3-7,14,17-21,24,35H,8-13,15-16H2,1-2H3,(H,37,40)/b25-21+,35-18?. The van der Waals surface area contributed by atoms with Crippen molar-refractivity contribution >= 4 is 29.7 Å². The second kappa shape index (κ2) is 14.3. The van der Waals surface area contributed by atoms with Gasteiger partial charge in [0, 0.05) is 69.0 Å². The smallest absolute Gasteiger partial charge is 0.416 e. The minimum atomic E-state index is -4.47. The summed E-state index contributed by atoms with van der Waals surface area (Å²) in [5, 5.41) is 10.8. The van der Waals surface area contributed by atoms with Crippen molar-refractivity contribution in [3.63, 3.8) is 0 Å². The van der Waals surface area contributed by atoms with Crippen LogP contribution in [0.25, 0.3) is 0 Å². The van der Waals surface area contributed by atoms with E-state index < -0.39 is 17.6 Å². The summed E-state index contributed by atoms with van der Waals surface area (Å²) in [6.07, 6.45) is 2.62. The maximum atomic E-state index is 13.0. The van der Waals surface area contributed by atoms with Crippen LogP contribution < -0.4 is 10.2 Å². The van der Waals surface area contributed by atoms with Crippen LogP contribution in [-0.2, 0) is 26.9 Å². The molecule has 1 atom stereocenters. The highest BCUT2D eigenvalue weighted by molar-refractivity contribution is 5.93. The molecule has 2 heterocycles. The number of nitrogens with zero attached hydrogens (tertiary/aromatic N) is 3. The quantitative estimate of drug-likeness (QED) is 0.344. The summed E-state index contributed by atoms with van der Waals surface area (Å²) in [6.45, 7) is 6.59. The van der Waals surface area contributed by atoms with Crippen molar-refractivity contribution in [3.05, 3.63) is 82.9 Å². The number of carbonyl (C=O) groups is 1. The van der Waals surface area contributed by atoms with Crippen LogP contribution in [0.2, 0.25) is 0 Å². The number of allylic oxidation sites excluding steroid dienone is 2. The highest BCUT2D eigenvalue weighted by Crippen LogP contribution is 2.30. The molecule has 1 unspecified atom stereocenters. The lowest BCUT2D eigenvalue weighted by atomic mass is 9.95. The molecule has 0 saturated carbocycles. The van der Waals surface area contributed by atoms with Gasteiger partial charge in [-0.3, -0.25) is 14.7 Å². The van der Waals surface area contributed by atoms with Crippen LogP contribution in [0.5, 0.6) is 0 Å². The van der Waals surface area contributed by atoms with E-state index >= 15 is 0 Å². The molecule has 0 spiro atoms. The lowest BCUT2D eigenvalue weighted by Gasteiger charge is -2.27. The number of aliphatic imine (C=N–C) groups is 1. The van der Waals surface area contributed by atoms with Crippen LogP contribution in [0.15, 0.2) is 71.2 Å². The summed E-state index contributed by atoms with van der Waals surface area (Å²) in [6, 6.07) is 10.2. The Hall–Kier alpha value is -3.96. The van der Waals surface area contributed by atoms with Crippen LogP contribution in [0.1, 0.15) is 23.1 Å². The van der Waals surface area contributed by atoms with E-state index in [4.69, 9.17) is 14.9 Å². The second-order valence-corrected chi connectivity index (χ2v) is 10.3. The lowest BCUT2D eigenvalue weighted by Crippen LogP contribution is -2.38. The number of benzene rings is 2.